The number of likely N-dealkylation sites (tertiary alicyclic amines) is 1. The second-order valence-corrected chi connectivity index (χ2v) is 12.9. The monoisotopic (exact) mass is 654 g/mol. The topological polar surface area (TPSA) is 129 Å². The van der Waals surface area contributed by atoms with Crippen molar-refractivity contribution < 1.29 is 37.1 Å². The Morgan fingerprint density at radius 2 is 1.50 bits per heavy atom. The molecule has 0 spiro atoms. The fraction of sp³-hybridized carbons (Fsp3) is 0.677. The zero-order chi connectivity index (χ0) is 33.2. The standard InChI is InChI=1S/C29H41FN6O3.C2HF3O2/c1-33-25-17-24(22(30)16-26(25)36(29(33)39)23-2-3-27(37)32-28(23)38)35-14-8-21(9-15-35)20-6-12-34(13-7-20)18-19-4-10-31-11-5-19;3-2(4,5)1(6)7/h16-17,19-21,23,31H,2-15,18H2,1H3,(H,32,37,38);(H,6,7). The van der Waals surface area contributed by atoms with Crippen LogP contribution in [0.25, 0.3) is 11.0 Å². The Bertz CT molecular complexity index is 1480. The van der Waals surface area contributed by atoms with Crippen LogP contribution in [0, 0.1) is 23.6 Å². The number of halogens is 4. The van der Waals surface area contributed by atoms with Gasteiger partial charge in [0.25, 0.3) is 0 Å². The van der Waals surface area contributed by atoms with Gasteiger partial charge in [0.05, 0.1) is 16.7 Å². The third-order valence-electron chi connectivity index (χ3n) is 10.1. The number of hydrogen-bond donors (Lipinski definition) is 3. The van der Waals surface area contributed by atoms with Gasteiger partial charge in [-0.15, -0.1) is 0 Å². The first-order valence-electron chi connectivity index (χ1n) is 16.1. The van der Waals surface area contributed by atoms with Crippen molar-refractivity contribution in [1.29, 1.82) is 0 Å². The number of amides is 2. The number of nitrogens with one attached hydrogen (secondary N) is 2. The van der Waals surface area contributed by atoms with Crippen molar-refractivity contribution in [2.75, 3.05) is 50.7 Å². The average molecular weight is 655 g/mol. The molecule has 2 amide bonds. The largest absolute Gasteiger partial charge is 0.490 e. The number of carbonyl (C=O) groups is 3. The molecule has 4 aliphatic heterocycles. The van der Waals surface area contributed by atoms with E-state index in [1.165, 1.54) is 60.5 Å². The number of piperidine rings is 4. The van der Waals surface area contributed by atoms with Crippen LogP contribution in [0.15, 0.2) is 16.9 Å². The lowest BCUT2D eigenvalue weighted by atomic mass is 9.78. The summed E-state index contributed by atoms with van der Waals surface area (Å²) in [5.74, 6) is -1.70. The van der Waals surface area contributed by atoms with E-state index in [9.17, 15) is 27.6 Å². The molecule has 4 aliphatic rings. The molecule has 1 atom stereocenters. The number of carbonyl (C=O) groups excluding carboxylic acids is 2. The first-order valence-corrected chi connectivity index (χ1v) is 16.1. The van der Waals surface area contributed by atoms with Gasteiger partial charge in [-0.25, -0.2) is 14.0 Å². The van der Waals surface area contributed by atoms with E-state index in [1.54, 1.807) is 13.1 Å². The molecule has 1 aromatic carbocycles. The van der Waals surface area contributed by atoms with Crippen LogP contribution in [-0.2, 0) is 21.4 Å². The molecule has 254 valence electrons. The number of fused-ring (bicyclic) bond motifs is 1. The number of alkyl halides is 3. The number of aryl methyl sites for hydroxylation is 1. The fourth-order valence-electron chi connectivity index (χ4n) is 7.49. The Labute approximate surface area is 263 Å². The molecule has 0 radical (unpaired) electrons. The molecular formula is C31H42F4N6O5. The van der Waals surface area contributed by atoms with E-state index in [4.69, 9.17) is 9.90 Å². The highest BCUT2D eigenvalue weighted by Gasteiger charge is 2.38. The van der Waals surface area contributed by atoms with E-state index in [2.05, 4.69) is 20.4 Å². The molecule has 1 unspecified atom stereocenters. The lowest BCUT2D eigenvalue weighted by molar-refractivity contribution is -0.192. The number of carboxylic acid groups (broad SMARTS) is 1. The van der Waals surface area contributed by atoms with Crippen LogP contribution >= 0.6 is 0 Å². The molecule has 0 aliphatic carbocycles. The number of nitrogens with zero attached hydrogens (tertiary/aromatic N) is 4. The smallest absolute Gasteiger partial charge is 0.475 e. The summed E-state index contributed by atoms with van der Waals surface area (Å²) < 4.78 is 50.1. The van der Waals surface area contributed by atoms with Crippen LogP contribution in [0.3, 0.4) is 0 Å². The molecule has 1 aromatic heterocycles. The van der Waals surface area contributed by atoms with E-state index in [0.29, 0.717) is 22.6 Å². The molecule has 5 heterocycles. The first kappa shape index (κ1) is 33.9. The van der Waals surface area contributed by atoms with Gasteiger partial charge < -0.3 is 20.2 Å². The Hall–Kier alpha value is -3.46. The summed E-state index contributed by atoms with van der Waals surface area (Å²) in [6.45, 7) is 7.61. The van der Waals surface area contributed by atoms with E-state index < -0.39 is 24.1 Å². The lowest BCUT2D eigenvalue weighted by Gasteiger charge is -2.41. The number of anilines is 1. The normalized spacial score (nSPS) is 22.9. The van der Waals surface area contributed by atoms with Crippen LogP contribution in [0.2, 0.25) is 0 Å². The molecule has 3 N–H and O–H groups in total. The Morgan fingerprint density at radius 3 is 2.07 bits per heavy atom. The second kappa shape index (κ2) is 14.1. The summed E-state index contributed by atoms with van der Waals surface area (Å²) in [5, 5.41) is 12.9. The number of hydrogen-bond acceptors (Lipinski definition) is 7. The summed E-state index contributed by atoms with van der Waals surface area (Å²) in [4.78, 5) is 50.8. The highest BCUT2D eigenvalue weighted by Crippen LogP contribution is 2.36. The van der Waals surface area contributed by atoms with Crippen molar-refractivity contribution in [3.8, 4) is 0 Å². The molecule has 46 heavy (non-hydrogen) atoms. The SMILES string of the molecule is Cn1c(=O)n(C2CCC(=O)NC2=O)c2cc(F)c(N3CCC(C4CCN(CC5CCNCC5)CC4)CC3)cc21.O=C(O)C(F)(F)F. The van der Waals surface area contributed by atoms with Gasteiger partial charge >= 0.3 is 17.8 Å². The summed E-state index contributed by atoms with van der Waals surface area (Å²) in [6.07, 6.45) is 2.58. The van der Waals surface area contributed by atoms with Gasteiger partial charge in [-0.3, -0.25) is 24.0 Å². The van der Waals surface area contributed by atoms with Gasteiger partial charge in [0, 0.05) is 39.2 Å². The summed E-state index contributed by atoms with van der Waals surface area (Å²) in [7, 11) is 1.65. The molecule has 0 bridgehead atoms. The number of imide groups is 1. The van der Waals surface area contributed by atoms with Crippen molar-refractivity contribution in [2.45, 2.75) is 63.6 Å². The molecule has 11 nitrogen and oxygen atoms in total. The predicted molar refractivity (Wildman–Crippen MR) is 162 cm³/mol. The van der Waals surface area contributed by atoms with Gasteiger partial charge in [0.1, 0.15) is 11.9 Å². The van der Waals surface area contributed by atoms with Crippen molar-refractivity contribution >= 4 is 34.5 Å². The van der Waals surface area contributed by atoms with Crippen LogP contribution in [-0.4, -0.2) is 88.9 Å². The molecule has 15 heteroatoms. The quantitative estimate of drug-likeness (QED) is 0.332. The minimum absolute atomic E-state index is 0.159. The molecule has 0 saturated carbocycles. The van der Waals surface area contributed by atoms with Crippen LogP contribution < -0.4 is 21.2 Å². The number of benzene rings is 1. The van der Waals surface area contributed by atoms with Crippen LogP contribution in [0.4, 0.5) is 23.2 Å². The highest BCUT2D eigenvalue weighted by atomic mass is 19.4. The molecule has 6 rings (SSSR count). The number of carboxylic acids is 1. The minimum Gasteiger partial charge on any atom is -0.475 e. The predicted octanol–water partition coefficient (Wildman–Crippen LogP) is 3.02. The Balaban J connectivity index is 0.000000537. The third kappa shape index (κ3) is 7.56. The van der Waals surface area contributed by atoms with Crippen molar-refractivity contribution in [1.82, 2.24) is 24.7 Å². The van der Waals surface area contributed by atoms with Crippen molar-refractivity contribution in [3.63, 3.8) is 0 Å². The number of imidazole rings is 1. The lowest BCUT2D eigenvalue weighted by Crippen LogP contribution is -2.44. The van der Waals surface area contributed by atoms with E-state index in [0.717, 1.165) is 50.9 Å². The second-order valence-electron chi connectivity index (χ2n) is 12.9. The fourth-order valence-corrected chi connectivity index (χ4v) is 7.49. The Kier molecular flexibility index (Phi) is 10.4. The maximum atomic E-state index is 15.5. The number of rotatable bonds is 5. The first-order chi connectivity index (χ1) is 21.8. The maximum absolute atomic E-state index is 15.5. The summed E-state index contributed by atoms with van der Waals surface area (Å²) in [5.41, 5.74) is 1.14. The van der Waals surface area contributed by atoms with Crippen LogP contribution in [0.5, 0.6) is 0 Å². The highest BCUT2D eigenvalue weighted by molar-refractivity contribution is 6.00. The zero-order valence-electron chi connectivity index (χ0n) is 26.0. The maximum Gasteiger partial charge on any atom is 0.490 e. The van der Waals surface area contributed by atoms with Gasteiger partial charge in [0.2, 0.25) is 11.8 Å². The van der Waals surface area contributed by atoms with Crippen LogP contribution in [0.1, 0.15) is 57.4 Å². The van der Waals surface area contributed by atoms with E-state index in [1.807, 2.05) is 0 Å². The minimum atomic E-state index is -5.08. The van der Waals surface area contributed by atoms with Gasteiger partial charge in [-0.05, 0) is 94.9 Å². The Morgan fingerprint density at radius 1 is 0.913 bits per heavy atom. The van der Waals surface area contributed by atoms with Gasteiger partial charge in [-0.2, -0.15) is 13.2 Å². The van der Waals surface area contributed by atoms with Crippen molar-refractivity contribution in [3.05, 3.63) is 28.4 Å². The molecular weight excluding hydrogens is 612 g/mol. The zero-order valence-corrected chi connectivity index (χ0v) is 26.0. The molecule has 4 fully saturated rings. The van der Waals surface area contributed by atoms with Crippen molar-refractivity contribution in [2.24, 2.45) is 24.8 Å². The summed E-state index contributed by atoms with van der Waals surface area (Å²) in [6, 6.07) is 2.33. The van der Waals surface area contributed by atoms with E-state index >= 15 is 4.39 Å². The average Bonchev–Trinajstić information content (AvgIpc) is 3.26. The molecule has 2 aromatic rings. The number of aromatic nitrogens is 2. The van der Waals surface area contributed by atoms with Gasteiger partial charge in [-0.1, -0.05) is 0 Å². The third-order valence-corrected chi connectivity index (χ3v) is 10.1. The number of aliphatic carboxylic acids is 1. The summed E-state index contributed by atoms with van der Waals surface area (Å²) >= 11 is 0. The molecule has 4 saturated heterocycles. The van der Waals surface area contributed by atoms with E-state index in [-0.39, 0.29) is 30.3 Å². The van der Waals surface area contributed by atoms with Gasteiger partial charge in [0.15, 0.2) is 0 Å².